The number of likely N-dealkylation sites (tertiary alicyclic amines) is 1. The van der Waals surface area contributed by atoms with Crippen LogP contribution in [0.1, 0.15) is 57.9 Å². The van der Waals surface area contributed by atoms with Crippen LogP contribution in [0.2, 0.25) is 0 Å². The number of hydrogen-bond donors (Lipinski definition) is 2. The molecule has 0 saturated carbocycles. The molecule has 1 amide bonds. The van der Waals surface area contributed by atoms with Crippen molar-refractivity contribution in [1.29, 1.82) is 0 Å². The van der Waals surface area contributed by atoms with Gasteiger partial charge in [-0.05, 0) is 50.2 Å². The van der Waals surface area contributed by atoms with Crippen molar-refractivity contribution in [1.82, 2.24) is 15.5 Å². The SMILES string of the molecule is CC/C=C(/C=C\C1=C(C)NCCC1)CCCC(=O)NC1CN(Cc2ccccc2)C1. The van der Waals surface area contributed by atoms with Crippen LogP contribution in [0.3, 0.4) is 0 Å². The molecule has 4 heteroatoms. The summed E-state index contributed by atoms with van der Waals surface area (Å²) in [4.78, 5) is 14.7. The molecular formula is C26H37N3O. The highest BCUT2D eigenvalue weighted by Gasteiger charge is 2.27. The lowest BCUT2D eigenvalue weighted by Gasteiger charge is -2.39. The first-order valence-electron chi connectivity index (χ1n) is 11.5. The van der Waals surface area contributed by atoms with Gasteiger partial charge in [-0.3, -0.25) is 9.69 Å². The van der Waals surface area contributed by atoms with Crippen LogP contribution in [0.4, 0.5) is 0 Å². The summed E-state index contributed by atoms with van der Waals surface area (Å²) in [5, 5.41) is 6.64. The van der Waals surface area contributed by atoms with E-state index in [0.717, 1.165) is 51.9 Å². The summed E-state index contributed by atoms with van der Waals surface area (Å²) in [5.74, 6) is 0.189. The van der Waals surface area contributed by atoms with Gasteiger partial charge in [0.1, 0.15) is 0 Å². The van der Waals surface area contributed by atoms with Crippen molar-refractivity contribution >= 4 is 5.91 Å². The third kappa shape index (κ3) is 7.17. The topological polar surface area (TPSA) is 44.4 Å². The molecule has 1 aromatic rings. The highest BCUT2D eigenvalue weighted by molar-refractivity contribution is 5.76. The molecule has 0 unspecified atom stereocenters. The van der Waals surface area contributed by atoms with E-state index in [1.807, 2.05) is 6.07 Å². The Bertz CT molecular complexity index is 773. The molecule has 0 radical (unpaired) electrons. The quantitative estimate of drug-likeness (QED) is 0.552. The van der Waals surface area contributed by atoms with E-state index in [9.17, 15) is 4.79 Å². The van der Waals surface area contributed by atoms with Crippen LogP contribution in [0, 0.1) is 0 Å². The third-order valence-electron chi connectivity index (χ3n) is 5.90. The minimum Gasteiger partial charge on any atom is -0.388 e. The zero-order chi connectivity index (χ0) is 21.2. The molecule has 2 N–H and O–H groups in total. The second kappa shape index (κ2) is 11.8. The number of carbonyl (C=O) groups excluding carboxylic acids is 1. The van der Waals surface area contributed by atoms with E-state index >= 15 is 0 Å². The summed E-state index contributed by atoms with van der Waals surface area (Å²) in [6.07, 6.45) is 12.6. The normalized spacial score (nSPS) is 18.4. The Hall–Kier alpha value is -2.33. The van der Waals surface area contributed by atoms with Crippen LogP contribution in [0.25, 0.3) is 0 Å². The number of amides is 1. The first-order chi connectivity index (χ1) is 14.6. The zero-order valence-electron chi connectivity index (χ0n) is 18.6. The van der Waals surface area contributed by atoms with E-state index in [1.165, 1.54) is 28.8 Å². The smallest absolute Gasteiger partial charge is 0.220 e. The van der Waals surface area contributed by atoms with E-state index < -0.39 is 0 Å². The van der Waals surface area contributed by atoms with Gasteiger partial charge in [-0.1, -0.05) is 61.1 Å². The predicted molar refractivity (Wildman–Crippen MR) is 125 cm³/mol. The summed E-state index contributed by atoms with van der Waals surface area (Å²) < 4.78 is 0. The Kier molecular flexibility index (Phi) is 8.76. The maximum atomic E-state index is 12.3. The molecule has 1 fully saturated rings. The molecule has 3 rings (SSSR count). The van der Waals surface area contributed by atoms with E-state index in [0.29, 0.717) is 12.5 Å². The molecule has 30 heavy (non-hydrogen) atoms. The van der Waals surface area contributed by atoms with Gasteiger partial charge in [0.05, 0.1) is 6.04 Å². The minimum absolute atomic E-state index is 0.189. The van der Waals surface area contributed by atoms with Crippen molar-refractivity contribution in [2.75, 3.05) is 19.6 Å². The molecule has 2 heterocycles. The summed E-state index contributed by atoms with van der Waals surface area (Å²) in [7, 11) is 0. The fourth-order valence-corrected chi connectivity index (χ4v) is 4.17. The van der Waals surface area contributed by atoms with E-state index in [4.69, 9.17) is 0 Å². The number of rotatable bonds is 10. The lowest BCUT2D eigenvalue weighted by atomic mass is 10.0. The van der Waals surface area contributed by atoms with Crippen molar-refractivity contribution in [2.45, 2.75) is 65.0 Å². The van der Waals surface area contributed by atoms with Gasteiger partial charge in [0.15, 0.2) is 0 Å². The lowest BCUT2D eigenvalue weighted by molar-refractivity contribution is -0.123. The molecule has 0 atom stereocenters. The minimum atomic E-state index is 0.189. The molecule has 0 aliphatic carbocycles. The van der Waals surface area contributed by atoms with Gasteiger partial charge in [0.2, 0.25) is 5.91 Å². The van der Waals surface area contributed by atoms with Crippen molar-refractivity contribution in [3.63, 3.8) is 0 Å². The van der Waals surface area contributed by atoms with Gasteiger partial charge >= 0.3 is 0 Å². The number of benzene rings is 1. The first-order valence-corrected chi connectivity index (χ1v) is 11.5. The molecule has 0 spiro atoms. The summed E-state index contributed by atoms with van der Waals surface area (Å²) >= 11 is 0. The number of nitrogens with one attached hydrogen (secondary N) is 2. The second-order valence-corrected chi connectivity index (χ2v) is 8.50. The van der Waals surface area contributed by atoms with Crippen molar-refractivity contribution in [3.05, 3.63) is 71.0 Å². The first kappa shape index (κ1) is 22.4. The molecular weight excluding hydrogens is 370 g/mol. The number of allylic oxidation sites excluding steroid dienone is 6. The standard InChI is InChI=1S/C26H37N3O/c1-3-9-22(15-16-24-13-8-17-27-21(24)2)12-7-14-26(30)28-25-19-29(20-25)18-23-10-5-4-6-11-23/h4-6,9-11,15-16,25,27H,3,7-8,12-14,17-20H2,1-2H3,(H,28,30)/b16-15-,22-9+. The predicted octanol–water partition coefficient (Wildman–Crippen LogP) is 4.71. The molecule has 0 bridgehead atoms. The molecule has 2 aliphatic rings. The average Bonchev–Trinajstić information content (AvgIpc) is 2.72. The summed E-state index contributed by atoms with van der Waals surface area (Å²) in [6.45, 7) is 8.29. The van der Waals surface area contributed by atoms with Gasteiger partial charge in [-0.2, -0.15) is 0 Å². The zero-order valence-corrected chi connectivity index (χ0v) is 18.6. The third-order valence-corrected chi connectivity index (χ3v) is 5.90. The Morgan fingerprint density at radius 3 is 2.77 bits per heavy atom. The van der Waals surface area contributed by atoms with Crippen LogP contribution in [-0.4, -0.2) is 36.5 Å². The molecule has 162 valence electrons. The van der Waals surface area contributed by atoms with Crippen LogP contribution >= 0.6 is 0 Å². The van der Waals surface area contributed by atoms with Crippen LogP contribution < -0.4 is 10.6 Å². The van der Waals surface area contributed by atoms with Crippen molar-refractivity contribution in [2.24, 2.45) is 0 Å². The highest BCUT2D eigenvalue weighted by atomic mass is 16.1. The summed E-state index contributed by atoms with van der Waals surface area (Å²) in [5.41, 5.74) is 5.38. The maximum absolute atomic E-state index is 12.3. The maximum Gasteiger partial charge on any atom is 0.220 e. The van der Waals surface area contributed by atoms with Gasteiger partial charge < -0.3 is 10.6 Å². The van der Waals surface area contributed by atoms with E-state index in [1.54, 1.807) is 0 Å². The largest absolute Gasteiger partial charge is 0.388 e. The molecule has 1 aromatic carbocycles. The summed E-state index contributed by atoms with van der Waals surface area (Å²) in [6, 6.07) is 10.8. The molecule has 0 aromatic heterocycles. The average molecular weight is 408 g/mol. The lowest BCUT2D eigenvalue weighted by Crippen LogP contribution is -2.58. The van der Waals surface area contributed by atoms with Gasteiger partial charge in [0, 0.05) is 38.3 Å². The Morgan fingerprint density at radius 2 is 2.03 bits per heavy atom. The highest BCUT2D eigenvalue weighted by Crippen LogP contribution is 2.18. The second-order valence-electron chi connectivity index (χ2n) is 8.50. The fraction of sp³-hybridized carbons (Fsp3) is 0.500. The molecule has 4 nitrogen and oxygen atoms in total. The Morgan fingerprint density at radius 1 is 1.23 bits per heavy atom. The number of hydrogen-bond acceptors (Lipinski definition) is 3. The van der Waals surface area contributed by atoms with Gasteiger partial charge in [0.25, 0.3) is 0 Å². The monoisotopic (exact) mass is 407 g/mol. The Balaban J connectivity index is 1.34. The fourth-order valence-electron chi connectivity index (χ4n) is 4.17. The van der Waals surface area contributed by atoms with Crippen LogP contribution in [0.15, 0.2) is 65.4 Å². The Labute approximate surface area is 182 Å². The van der Waals surface area contributed by atoms with Gasteiger partial charge in [-0.25, -0.2) is 0 Å². The van der Waals surface area contributed by atoms with Crippen LogP contribution in [-0.2, 0) is 11.3 Å². The van der Waals surface area contributed by atoms with Crippen LogP contribution in [0.5, 0.6) is 0 Å². The molecule has 1 saturated heterocycles. The van der Waals surface area contributed by atoms with Gasteiger partial charge in [-0.15, -0.1) is 0 Å². The van der Waals surface area contributed by atoms with Crippen molar-refractivity contribution < 1.29 is 4.79 Å². The van der Waals surface area contributed by atoms with Crippen molar-refractivity contribution in [3.8, 4) is 0 Å². The van der Waals surface area contributed by atoms with E-state index in [2.05, 4.69) is 71.9 Å². The number of carbonyl (C=O) groups is 1. The van der Waals surface area contributed by atoms with E-state index in [-0.39, 0.29) is 5.91 Å². The molecule has 2 aliphatic heterocycles. The number of nitrogens with zero attached hydrogens (tertiary/aromatic N) is 1.